The molecule has 0 saturated heterocycles. The van der Waals surface area contributed by atoms with Crippen molar-refractivity contribution < 1.29 is 4.74 Å². The number of nitriles is 1. The van der Waals surface area contributed by atoms with E-state index in [0.29, 0.717) is 12.2 Å². The standard InChI is InChI=1S/C26H23N3O/c1-19-7-6-10-21(13-19)24-14-22(11-12-23(24)15-27)26(25-16-28-18-29(25)2)30-17-20-8-4-3-5-9-20/h3-14,16,18,26H,17H2,1-2H3. The quantitative estimate of drug-likeness (QED) is 0.430. The van der Waals surface area contributed by atoms with Crippen LogP contribution in [0.15, 0.2) is 85.3 Å². The van der Waals surface area contributed by atoms with E-state index in [1.54, 1.807) is 6.33 Å². The molecule has 30 heavy (non-hydrogen) atoms. The van der Waals surface area contributed by atoms with E-state index in [0.717, 1.165) is 33.5 Å². The van der Waals surface area contributed by atoms with Crippen molar-refractivity contribution >= 4 is 0 Å². The molecule has 4 nitrogen and oxygen atoms in total. The van der Waals surface area contributed by atoms with E-state index in [-0.39, 0.29) is 6.10 Å². The van der Waals surface area contributed by atoms with Gasteiger partial charge >= 0.3 is 0 Å². The zero-order valence-corrected chi connectivity index (χ0v) is 17.1. The second kappa shape index (κ2) is 8.77. The second-order valence-electron chi connectivity index (χ2n) is 7.39. The molecule has 148 valence electrons. The van der Waals surface area contributed by atoms with Crippen LogP contribution in [-0.2, 0) is 18.4 Å². The lowest BCUT2D eigenvalue weighted by atomic mass is 9.94. The van der Waals surface area contributed by atoms with E-state index in [4.69, 9.17) is 4.74 Å². The highest BCUT2D eigenvalue weighted by Crippen LogP contribution is 2.32. The van der Waals surface area contributed by atoms with Gasteiger partial charge in [0.25, 0.3) is 0 Å². The Morgan fingerprint density at radius 3 is 2.57 bits per heavy atom. The molecule has 0 fully saturated rings. The Balaban J connectivity index is 1.76. The van der Waals surface area contributed by atoms with Crippen LogP contribution in [0.2, 0.25) is 0 Å². The van der Waals surface area contributed by atoms with Crippen molar-refractivity contribution in [2.45, 2.75) is 19.6 Å². The lowest BCUT2D eigenvalue weighted by Gasteiger charge is -2.20. The number of imidazole rings is 1. The smallest absolute Gasteiger partial charge is 0.124 e. The minimum atomic E-state index is -0.297. The SMILES string of the molecule is Cc1cccc(-c2cc(C(OCc3ccccc3)c3cncn3C)ccc2C#N)c1. The van der Waals surface area contributed by atoms with Gasteiger partial charge in [-0.2, -0.15) is 5.26 Å². The molecular weight excluding hydrogens is 370 g/mol. The topological polar surface area (TPSA) is 50.8 Å². The molecule has 0 radical (unpaired) electrons. The molecule has 0 aliphatic carbocycles. The lowest BCUT2D eigenvalue weighted by Crippen LogP contribution is -2.11. The summed E-state index contributed by atoms with van der Waals surface area (Å²) in [4.78, 5) is 4.28. The molecule has 0 spiro atoms. The van der Waals surface area contributed by atoms with Gasteiger partial charge in [0, 0.05) is 7.05 Å². The Bertz CT molecular complexity index is 1190. The van der Waals surface area contributed by atoms with Crippen LogP contribution in [-0.4, -0.2) is 9.55 Å². The van der Waals surface area contributed by atoms with Crippen LogP contribution in [0, 0.1) is 18.3 Å². The zero-order valence-electron chi connectivity index (χ0n) is 17.1. The Hall–Kier alpha value is -3.68. The molecule has 4 rings (SSSR count). The predicted molar refractivity (Wildman–Crippen MR) is 118 cm³/mol. The van der Waals surface area contributed by atoms with Crippen LogP contribution < -0.4 is 0 Å². The van der Waals surface area contributed by atoms with Crippen LogP contribution in [0.25, 0.3) is 11.1 Å². The molecule has 0 saturated carbocycles. The lowest BCUT2D eigenvalue weighted by molar-refractivity contribution is 0.0622. The maximum atomic E-state index is 9.66. The van der Waals surface area contributed by atoms with Gasteiger partial charge in [-0.25, -0.2) is 4.98 Å². The number of aryl methyl sites for hydroxylation is 2. The third kappa shape index (κ3) is 4.17. The van der Waals surface area contributed by atoms with Crippen LogP contribution >= 0.6 is 0 Å². The summed E-state index contributed by atoms with van der Waals surface area (Å²) >= 11 is 0. The number of hydrogen-bond donors (Lipinski definition) is 0. The van der Waals surface area contributed by atoms with Gasteiger partial charge in [0.15, 0.2) is 0 Å². The Kier molecular flexibility index (Phi) is 5.74. The van der Waals surface area contributed by atoms with Crippen molar-refractivity contribution in [3.05, 3.63) is 113 Å². The van der Waals surface area contributed by atoms with E-state index in [2.05, 4.69) is 48.3 Å². The first-order valence-electron chi connectivity index (χ1n) is 9.88. The summed E-state index contributed by atoms with van der Waals surface area (Å²) in [6.07, 6.45) is 3.31. The molecular formula is C26H23N3O. The number of nitrogens with zero attached hydrogens (tertiary/aromatic N) is 3. The fourth-order valence-electron chi connectivity index (χ4n) is 3.60. The van der Waals surface area contributed by atoms with Crippen molar-refractivity contribution in [3.8, 4) is 17.2 Å². The average molecular weight is 393 g/mol. The molecule has 1 aromatic heterocycles. The van der Waals surface area contributed by atoms with Crippen molar-refractivity contribution in [1.82, 2.24) is 9.55 Å². The zero-order chi connectivity index (χ0) is 20.9. The van der Waals surface area contributed by atoms with E-state index in [9.17, 15) is 5.26 Å². The highest BCUT2D eigenvalue weighted by molar-refractivity contribution is 5.72. The first kappa shape index (κ1) is 19.6. The van der Waals surface area contributed by atoms with Gasteiger partial charge in [-0.15, -0.1) is 0 Å². The summed E-state index contributed by atoms with van der Waals surface area (Å²) in [5, 5.41) is 9.66. The Morgan fingerprint density at radius 1 is 1.03 bits per heavy atom. The molecule has 0 aliphatic rings. The molecule has 1 atom stereocenters. The molecule has 0 amide bonds. The summed E-state index contributed by atoms with van der Waals surface area (Å²) < 4.78 is 8.36. The van der Waals surface area contributed by atoms with Crippen LogP contribution in [0.5, 0.6) is 0 Å². The van der Waals surface area contributed by atoms with Crippen molar-refractivity contribution in [2.24, 2.45) is 7.05 Å². The van der Waals surface area contributed by atoms with Crippen LogP contribution in [0.3, 0.4) is 0 Å². The van der Waals surface area contributed by atoms with Crippen LogP contribution in [0.4, 0.5) is 0 Å². The Labute approximate surface area is 177 Å². The maximum Gasteiger partial charge on any atom is 0.124 e. The van der Waals surface area contributed by atoms with Crippen LogP contribution in [0.1, 0.15) is 34.1 Å². The summed E-state index contributed by atoms with van der Waals surface area (Å²) in [6, 6.07) is 26.6. The number of hydrogen-bond acceptors (Lipinski definition) is 3. The van der Waals surface area contributed by atoms with Gasteiger partial charge in [-0.3, -0.25) is 0 Å². The van der Waals surface area contributed by atoms with E-state index in [1.807, 2.05) is 60.3 Å². The minimum Gasteiger partial charge on any atom is -0.363 e. The fraction of sp³-hybridized carbons (Fsp3) is 0.154. The number of benzene rings is 3. The summed E-state index contributed by atoms with van der Waals surface area (Å²) in [5.41, 5.74) is 6.81. The largest absolute Gasteiger partial charge is 0.363 e. The first-order valence-corrected chi connectivity index (χ1v) is 9.88. The third-order valence-corrected chi connectivity index (χ3v) is 5.18. The van der Waals surface area contributed by atoms with E-state index >= 15 is 0 Å². The van der Waals surface area contributed by atoms with Gasteiger partial charge in [0.05, 0.1) is 36.5 Å². The molecule has 4 aromatic rings. The van der Waals surface area contributed by atoms with Gasteiger partial charge < -0.3 is 9.30 Å². The fourth-order valence-corrected chi connectivity index (χ4v) is 3.60. The third-order valence-electron chi connectivity index (χ3n) is 5.18. The molecule has 1 unspecified atom stereocenters. The summed E-state index contributed by atoms with van der Waals surface area (Å²) in [7, 11) is 1.96. The van der Waals surface area contributed by atoms with Gasteiger partial charge in [0.2, 0.25) is 0 Å². The molecule has 4 heteroatoms. The highest BCUT2D eigenvalue weighted by Gasteiger charge is 2.20. The normalized spacial score (nSPS) is 11.8. The molecule has 0 aliphatic heterocycles. The van der Waals surface area contributed by atoms with E-state index in [1.165, 1.54) is 0 Å². The number of rotatable bonds is 6. The number of ether oxygens (including phenoxy) is 1. The minimum absolute atomic E-state index is 0.297. The molecule has 3 aromatic carbocycles. The van der Waals surface area contributed by atoms with Gasteiger partial charge in [-0.1, -0.05) is 66.2 Å². The monoisotopic (exact) mass is 393 g/mol. The molecule has 0 N–H and O–H groups in total. The van der Waals surface area contributed by atoms with Gasteiger partial charge in [0.1, 0.15) is 6.10 Å². The average Bonchev–Trinajstić information content (AvgIpc) is 3.20. The predicted octanol–water partition coefficient (Wildman–Crippen LogP) is 5.57. The maximum absolute atomic E-state index is 9.66. The van der Waals surface area contributed by atoms with Gasteiger partial charge in [-0.05, 0) is 41.3 Å². The highest BCUT2D eigenvalue weighted by atomic mass is 16.5. The summed E-state index contributed by atoms with van der Waals surface area (Å²) in [6.45, 7) is 2.54. The molecule has 1 heterocycles. The van der Waals surface area contributed by atoms with Crippen molar-refractivity contribution in [2.75, 3.05) is 0 Å². The first-order chi connectivity index (χ1) is 14.7. The summed E-state index contributed by atoms with van der Waals surface area (Å²) in [5.74, 6) is 0. The van der Waals surface area contributed by atoms with Crippen molar-refractivity contribution in [1.29, 1.82) is 5.26 Å². The molecule has 0 bridgehead atoms. The Morgan fingerprint density at radius 2 is 1.87 bits per heavy atom. The number of aromatic nitrogens is 2. The van der Waals surface area contributed by atoms with Crippen molar-refractivity contribution in [3.63, 3.8) is 0 Å². The van der Waals surface area contributed by atoms with E-state index < -0.39 is 0 Å². The second-order valence-corrected chi connectivity index (χ2v) is 7.39.